The van der Waals surface area contributed by atoms with Crippen LogP contribution < -0.4 is 0 Å². The Kier molecular flexibility index (Phi) is 11.5. The molecule has 0 N–H and O–H groups in total. The molecule has 0 aromatic heterocycles. The standard InChI is InChI=1S/C15H20.C2H6/c1-7-8-9-10-13(4)15(6)11-14(5)12(2)3;1-2/h7-11H,2,4,6H2,1,3,5H3;1-2H3/b8-7-,10-9-,14-11+;. The summed E-state index contributed by atoms with van der Waals surface area (Å²) < 4.78 is 0. The molecule has 0 heterocycles. The van der Waals surface area contributed by atoms with E-state index in [1.165, 1.54) is 0 Å². The van der Waals surface area contributed by atoms with E-state index >= 15 is 0 Å². The molecule has 0 saturated carbocycles. The van der Waals surface area contributed by atoms with Crippen LogP contribution in [0.3, 0.4) is 0 Å². The van der Waals surface area contributed by atoms with Gasteiger partial charge in [-0.05, 0) is 37.5 Å². The first-order valence-electron chi connectivity index (χ1n) is 6.00. The Bertz CT molecular complexity index is 346. The zero-order chi connectivity index (χ0) is 13.8. The summed E-state index contributed by atoms with van der Waals surface area (Å²) in [6, 6.07) is 0. The monoisotopic (exact) mass is 230 g/mol. The average Bonchev–Trinajstić information content (AvgIpc) is 2.31. The molecular weight excluding hydrogens is 204 g/mol. The van der Waals surface area contributed by atoms with Crippen molar-refractivity contribution in [1.29, 1.82) is 0 Å². The van der Waals surface area contributed by atoms with Gasteiger partial charge in [-0.2, -0.15) is 0 Å². The Morgan fingerprint density at radius 3 is 1.82 bits per heavy atom. The highest BCUT2D eigenvalue weighted by Gasteiger charge is 1.94. The summed E-state index contributed by atoms with van der Waals surface area (Å²) >= 11 is 0. The van der Waals surface area contributed by atoms with E-state index in [4.69, 9.17) is 0 Å². The maximum absolute atomic E-state index is 3.96. The molecule has 0 aliphatic heterocycles. The number of rotatable bonds is 5. The van der Waals surface area contributed by atoms with Gasteiger partial charge in [0.1, 0.15) is 0 Å². The highest BCUT2D eigenvalue weighted by atomic mass is 14.0. The Hall–Kier alpha value is -1.56. The summed E-state index contributed by atoms with van der Waals surface area (Å²) in [5.74, 6) is 0. The molecule has 0 rings (SSSR count). The second-order valence-electron chi connectivity index (χ2n) is 3.54. The minimum atomic E-state index is 0.925. The topological polar surface area (TPSA) is 0 Å². The summed E-state index contributed by atoms with van der Waals surface area (Å²) in [5, 5.41) is 0. The fourth-order valence-corrected chi connectivity index (χ4v) is 0.867. The van der Waals surface area contributed by atoms with Crippen molar-refractivity contribution >= 4 is 0 Å². The van der Waals surface area contributed by atoms with Gasteiger partial charge in [0.15, 0.2) is 0 Å². The van der Waals surface area contributed by atoms with Gasteiger partial charge in [-0.3, -0.25) is 0 Å². The van der Waals surface area contributed by atoms with Crippen LogP contribution in [-0.4, -0.2) is 0 Å². The Labute approximate surface area is 107 Å². The summed E-state index contributed by atoms with van der Waals surface area (Å²) in [5.41, 5.74) is 4.05. The van der Waals surface area contributed by atoms with Gasteiger partial charge in [0.25, 0.3) is 0 Å². The first-order chi connectivity index (χ1) is 7.99. The van der Waals surface area contributed by atoms with Crippen LogP contribution in [0.15, 0.2) is 72.4 Å². The maximum Gasteiger partial charge on any atom is -0.0259 e. The highest BCUT2D eigenvalue weighted by Crippen LogP contribution is 2.14. The first kappa shape index (κ1) is 17.8. The quantitative estimate of drug-likeness (QED) is 0.525. The zero-order valence-corrected chi connectivity index (χ0v) is 12.0. The number of allylic oxidation sites excluding steroid dienone is 9. The maximum atomic E-state index is 3.96. The molecule has 0 heteroatoms. The van der Waals surface area contributed by atoms with E-state index < -0.39 is 0 Å². The molecule has 0 atom stereocenters. The van der Waals surface area contributed by atoms with Gasteiger partial charge < -0.3 is 0 Å². The second kappa shape index (κ2) is 10.9. The van der Waals surface area contributed by atoms with Crippen LogP contribution in [0.5, 0.6) is 0 Å². The smallest absolute Gasteiger partial charge is 0.0259 e. The molecule has 0 unspecified atom stereocenters. The molecule has 94 valence electrons. The molecule has 0 fully saturated rings. The van der Waals surface area contributed by atoms with Crippen LogP contribution in [0.2, 0.25) is 0 Å². The van der Waals surface area contributed by atoms with E-state index in [1.807, 2.05) is 65.0 Å². The number of hydrogen-bond donors (Lipinski definition) is 0. The molecule has 0 aromatic carbocycles. The molecule has 0 aromatic rings. The van der Waals surface area contributed by atoms with Crippen LogP contribution in [0.4, 0.5) is 0 Å². The molecule has 0 aliphatic carbocycles. The van der Waals surface area contributed by atoms with E-state index in [-0.39, 0.29) is 0 Å². The van der Waals surface area contributed by atoms with Gasteiger partial charge in [-0.25, -0.2) is 0 Å². The highest BCUT2D eigenvalue weighted by molar-refractivity contribution is 5.46. The molecule has 0 radical (unpaired) electrons. The van der Waals surface area contributed by atoms with E-state index in [9.17, 15) is 0 Å². The lowest BCUT2D eigenvalue weighted by molar-refractivity contribution is 1.35. The van der Waals surface area contributed by atoms with Crippen molar-refractivity contribution < 1.29 is 0 Å². The van der Waals surface area contributed by atoms with Gasteiger partial charge in [0.2, 0.25) is 0 Å². The van der Waals surface area contributed by atoms with Gasteiger partial charge in [-0.1, -0.05) is 69.5 Å². The van der Waals surface area contributed by atoms with Crippen LogP contribution >= 0.6 is 0 Å². The van der Waals surface area contributed by atoms with Crippen LogP contribution in [-0.2, 0) is 0 Å². The van der Waals surface area contributed by atoms with E-state index in [0.29, 0.717) is 0 Å². The molecule has 0 saturated heterocycles. The van der Waals surface area contributed by atoms with Crippen molar-refractivity contribution in [2.75, 3.05) is 0 Å². The minimum Gasteiger partial charge on any atom is -0.0958 e. The average molecular weight is 230 g/mol. The fraction of sp³-hybridized carbons (Fsp3) is 0.294. The second-order valence-corrected chi connectivity index (χ2v) is 3.54. The van der Waals surface area contributed by atoms with Crippen LogP contribution in [0.25, 0.3) is 0 Å². The predicted molar refractivity (Wildman–Crippen MR) is 82.2 cm³/mol. The van der Waals surface area contributed by atoms with Crippen LogP contribution in [0, 0.1) is 0 Å². The molecule has 0 nitrogen and oxygen atoms in total. The SMILES string of the molecule is C=C(/C=C\C=C/C)C(=C)/C=C(\C)C(=C)C.CC. The minimum absolute atomic E-state index is 0.925. The lowest BCUT2D eigenvalue weighted by Gasteiger charge is -2.02. The fourth-order valence-electron chi connectivity index (χ4n) is 0.867. The normalized spacial score (nSPS) is 11.2. The Morgan fingerprint density at radius 1 is 0.882 bits per heavy atom. The van der Waals surface area contributed by atoms with E-state index in [2.05, 4.69) is 19.7 Å². The van der Waals surface area contributed by atoms with Crippen molar-refractivity contribution in [3.05, 3.63) is 72.4 Å². The van der Waals surface area contributed by atoms with Gasteiger partial charge in [-0.15, -0.1) is 0 Å². The third-order valence-electron chi connectivity index (χ3n) is 2.08. The van der Waals surface area contributed by atoms with Crippen molar-refractivity contribution in [1.82, 2.24) is 0 Å². The van der Waals surface area contributed by atoms with Gasteiger partial charge >= 0.3 is 0 Å². The van der Waals surface area contributed by atoms with E-state index in [1.54, 1.807) is 0 Å². The molecule has 0 bridgehead atoms. The third-order valence-corrected chi connectivity index (χ3v) is 2.08. The van der Waals surface area contributed by atoms with Crippen molar-refractivity contribution in [3.63, 3.8) is 0 Å². The molecule has 17 heavy (non-hydrogen) atoms. The largest absolute Gasteiger partial charge is 0.0958 e. The molecule has 0 aliphatic rings. The first-order valence-corrected chi connectivity index (χ1v) is 6.00. The van der Waals surface area contributed by atoms with Crippen LogP contribution in [0.1, 0.15) is 34.6 Å². The van der Waals surface area contributed by atoms with Crippen molar-refractivity contribution in [2.45, 2.75) is 34.6 Å². The van der Waals surface area contributed by atoms with Crippen molar-refractivity contribution in [3.8, 4) is 0 Å². The summed E-state index contributed by atoms with van der Waals surface area (Å²) in [7, 11) is 0. The van der Waals surface area contributed by atoms with E-state index in [0.717, 1.165) is 22.3 Å². The lowest BCUT2D eigenvalue weighted by atomic mass is 10.0. The van der Waals surface area contributed by atoms with Gasteiger partial charge in [0.05, 0.1) is 0 Å². The summed E-state index contributed by atoms with van der Waals surface area (Å²) in [6.07, 6.45) is 9.85. The zero-order valence-electron chi connectivity index (χ0n) is 12.0. The lowest BCUT2D eigenvalue weighted by Crippen LogP contribution is -1.82. The molecule has 0 spiro atoms. The Balaban J connectivity index is 0. The van der Waals surface area contributed by atoms with Crippen molar-refractivity contribution in [2.24, 2.45) is 0 Å². The molecule has 0 amide bonds. The Morgan fingerprint density at radius 2 is 1.41 bits per heavy atom. The third kappa shape index (κ3) is 9.37. The molecular formula is C17H26. The number of hydrogen-bond acceptors (Lipinski definition) is 0. The predicted octanol–water partition coefficient (Wildman–Crippen LogP) is 5.78. The summed E-state index contributed by atoms with van der Waals surface area (Å²) in [6.45, 7) is 21.8. The summed E-state index contributed by atoms with van der Waals surface area (Å²) in [4.78, 5) is 0. The van der Waals surface area contributed by atoms with Gasteiger partial charge in [0, 0.05) is 0 Å².